The van der Waals surface area contributed by atoms with Crippen molar-refractivity contribution in [3.05, 3.63) is 28.8 Å². The van der Waals surface area contributed by atoms with Crippen LogP contribution in [0.25, 0.3) is 0 Å². The van der Waals surface area contributed by atoms with Crippen LogP contribution >= 0.6 is 11.6 Å². The van der Waals surface area contributed by atoms with E-state index in [1.807, 2.05) is 19.1 Å². The van der Waals surface area contributed by atoms with Gasteiger partial charge in [0.1, 0.15) is 5.75 Å². The minimum absolute atomic E-state index is 0.00551. The molecular formula is C16H25ClN2O2. The summed E-state index contributed by atoms with van der Waals surface area (Å²) in [6.07, 6.45) is 0.356. The SMILES string of the molecule is CCNC(=O)CCOc1ccc(Cl)cc1CNCC(C)C. The lowest BCUT2D eigenvalue weighted by molar-refractivity contribution is -0.121. The Labute approximate surface area is 132 Å². The van der Waals surface area contributed by atoms with Crippen molar-refractivity contribution >= 4 is 17.5 Å². The van der Waals surface area contributed by atoms with Crippen molar-refractivity contribution in [1.29, 1.82) is 0 Å². The number of nitrogens with one attached hydrogen (secondary N) is 2. The predicted octanol–water partition coefficient (Wildman–Crippen LogP) is 2.99. The molecule has 118 valence electrons. The number of carbonyl (C=O) groups excluding carboxylic acids is 1. The molecule has 0 aliphatic carbocycles. The second kappa shape index (κ2) is 9.64. The fourth-order valence-electron chi connectivity index (χ4n) is 1.86. The summed E-state index contributed by atoms with van der Waals surface area (Å²) in [6.45, 7) is 8.87. The minimum atomic E-state index is 0.00551. The second-order valence-electron chi connectivity index (χ2n) is 5.33. The molecule has 2 N–H and O–H groups in total. The van der Waals surface area contributed by atoms with Crippen molar-refractivity contribution in [2.24, 2.45) is 5.92 Å². The highest BCUT2D eigenvalue weighted by molar-refractivity contribution is 6.30. The molecule has 0 radical (unpaired) electrons. The average Bonchev–Trinajstić information content (AvgIpc) is 2.41. The van der Waals surface area contributed by atoms with Crippen molar-refractivity contribution < 1.29 is 9.53 Å². The summed E-state index contributed by atoms with van der Waals surface area (Å²) >= 11 is 6.04. The molecule has 21 heavy (non-hydrogen) atoms. The van der Waals surface area contributed by atoms with Crippen LogP contribution in [0.15, 0.2) is 18.2 Å². The van der Waals surface area contributed by atoms with Gasteiger partial charge in [0, 0.05) is 23.7 Å². The van der Waals surface area contributed by atoms with Crippen molar-refractivity contribution in [3.8, 4) is 5.75 Å². The highest BCUT2D eigenvalue weighted by Crippen LogP contribution is 2.23. The summed E-state index contributed by atoms with van der Waals surface area (Å²) in [6, 6.07) is 5.55. The van der Waals surface area contributed by atoms with E-state index >= 15 is 0 Å². The maximum atomic E-state index is 11.4. The third kappa shape index (κ3) is 7.34. The van der Waals surface area contributed by atoms with E-state index in [0.717, 1.165) is 17.9 Å². The molecule has 1 rings (SSSR count). The third-order valence-corrected chi connectivity index (χ3v) is 3.09. The van der Waals surface area contributed by atoms with E-state index in [1.165, 1.54) is 0 Å². The van der Waals surface area contributed by atoms with Crippen molar-refractivity contribution in [2.75, 3.05) is 19.7 Å². The number of rotatable bonds is 9. The van der Waals surface area contributed by atoms with Gasteiger partial charge >= 0.3 is 0 Å². The standard InChI is InChI=1S/C16H25ClN2O2/c1-4-19-16(20)7-8-21-15-6-5-14(17)9-13(15)11-18-10-12(2)3/h5-6,9,12,18H,4,7-8,10-11H2,1-3H3,(H,19,20). The molecule has 1 amide bonds. The van der Waals surface area contributed by atoms with E-state index in [9.17, 15) is 4.79 Å². The zero-order chi connectivity index (χ0) is 15.7. The third-order valence-electron chi connectivity index (χ3n) is 2.85. The normalized spacial score (nSPS) is 10.7. The van der Waals surface area contributed by atoms with Crippen LogP contribution in [-0.2, 0) is 11.3 Å². The minimum Gasteiger partial charge on any atom is -0.493 e. The summed E-state index contributed by atoms with van der Waals surface area (Å²) in [5.74, 6) is 1.37. The van der Waals surface area contributed by atoms with Gasteiger partial charge in [0.25, 0.3) is 0 Å². The largest absolute Gasteiger partial charge is 0.493 e. The molecule has 0 fully saturated rings. The zero-order valence-corrected chi connectivity index (χ0v) is 13.8. The van der Waals surface area contributed by atoms with Crippen LogP contribution in [0.2, 0.25) is 5.02 Å². The lowest BCUT2D eigenvalue weighted by Gasteiger charge is -2.13. The smallest absolute Gasteiger partial charge is 0.223 e. The first-order valence-electron chi connectivity index (χ1n) is 7.41. The molecule has 0 saturated heterocycles. The lowest BCUT2D eigenvalue weighted by Crippen LogP contribution is -2.24. The monoisotopic (exact) mass is 312 g/mol. The maximum Gasteiger partial charge on any atom is 0.223 e. The average molecular weight is 313 g/mol. The highest BCUT2D eigenvalue weighted by atomic mass is 35.5. The molecule has 0 heterocycles. The quantitative estimate of drug-likeness (QED) is 0.737. The van der Waals surface area contributed by atoms with Gasteiger partial charge in [0.05, 0.1) is 13.0 Å². The van der Waals surface area contributed by atoms with E-state index < -0.39 is 0 Å². The molecule has 0 aliphatic rings. The Balaban J connectivity index is 2.53. The van der Waals surface area contributed by atoms with Gasteiger partial charge < -0.3 is 15.4 Å². The lowest BCUT2D eigenvalue weighted by atomic mass is 10.2. The molecule has 5 heteroatoms. The molecule has 0 atom stereocenters. The summed E-state index contributed by atoms with van der Waals surface area (Å²) in [7, 11) is 0. The van der Waals surface area contributed by atoms with Gasteiger partial charge in [-0.15, -0.1) is 0 Å². The van der Waals surface area contributed by atoms with E-state index in [4.69, 9.17) is 16.3 Å². The van der Waals surface area contributed by atoms with Crippen LogP contribution in [0, 0.1) is 5.92 Å². The molecule has 4 nitrogen and oxygen atoms in total. The van der Waals surface area contributed by atoms with Crippen molar-refractivity contribution in [2.45, 2.75) is 33.7 Å². The van der Waals surface area contributed by atoms with Gasteiger partial charge in [-0.05, 0) is 37.6 Å². The first-order chi connectivity index (χ1) is 10.0. The van der Waals surface area contributed by atoms with Gasteiger partial charge in [-0.25, -0.2) is 0 Å². The van der Waals surface area contributed by atoms with E-state index in [2.05, 4.69) is 24.5 Å². The van der Waals surface area contributed by atoms with E-state index in [0.29, 0.717) is 37.1 Å². The Hall–Kier alpha value is -1.26. The first kappa shape index (κ1) is 17.8. The molecule has 0 spiro atoms. The molecule has 0 unspecified atom stereocenters. The fraction of sp³-hybridized carbons (Fsp3) is 0.562. The number of halogens is 1. The van der Waals surface area contributed by atoms with Gasteiger partial charge in [0.15, 0.2) is 0 Å². The molecule has 1 aromatic carbocycles. The van der Waals surface area contributed by atoms with Crippen LogP contribution < -0.4 is 15.4 Å². The van der Waals surface area contributed by atoms with Gasteiger partial charge in [-0.2, -0.15) is 0 Å². The van der Waals surface area contributed by atoms with Crippen molar-refractivity contribution in [1.82, 2.24) is 10.6 Å². The number of hydrogen-bond acceptors (Lipinski definition) is 3. The summed E-state index contributed by atoms with van der Waals surface area (Å²) < 4.78 is 5.71. The van der Waals surface area contributed by atoms with Crippen LogP contribution in [-0.4, -0.2) is 25.6 Å². The Bertz CT molecular complexity index is 450. The van der Waals surface area contributed by atoms with E-state index in [1.54, 1.807) is 6.07 Å². The summed E-state index contributed by atoms with van der Waals surface area (Å²) in [4.78, 5) is 11.4. The molecule has 0 aromatic heterocycles. The number of carbonyl (C=O) groups is 1. The predicted molar refractivity (Wildman–Crippen MR) is 86.8 cm³/mol. The number of amides is 1. The Morgan fingerprint density at radius 2 is 2.14 bits per heavy atom. The van der Waals surface area contributed by atoms with Crippen LogP contribution in [0.4, 0.5) is 0 Å². The Morgan fingerprint density at radius 3 is 2.81 bits per heavy atom. The molecule has 0 bridgehead atoms. The van der Waals surface area contributed by atoms with Gasteiger partial charge in [-0.3, -0.25) is 4.79 Å². The maximum absolute atomic E-state index is 11.4. The van der Waals surface area contributed by atoms with Gasteiger partial charge in [-0.1, -0.05) is 25.4 Å². The van der Waals surface area contributed by atoms with Crippen LogP contribution in [0.3, 0.4) is 0 Å². The summed E-state index contributed by atoms with van der Waals surface area (Å²) in [5, 5.41) is 6.81. The summed E-state index contributed by atoms with van der Waals surface area (Å²) in [5.41, 5.74) is 1.01. The van der Waals surface area contributed by atoms with Crippen LogP contribution in [0.5, 0.6) is 5.75 Å². The fourth-order valence-corrected chi connectivity index (χ4v) is 2.06. The second-order valence-corrected chi connectivity index (χ2v) is 5.77. The number of benzene rings is 1. The van der Waals surface area contributed by atoms with Crippen molar-refractivity contribution in [3.63, 3.8) is 0 Å². The Morgan fingerprint density at radius 1 is 1.38 bits per heavy atom. The molecular weight excluding hydrogens is 288 g/mol. The van der Waals surface area contributed by atoms with Gasteiger partial charge in [0.2, 0.25) is 5.91 Å². The Kier molecular flexibility index (Phi) is 8.16. The number of hydrogen-bond donors (Lipinski definition) is 2. The number of ether oxygens (including phenoxy) is 1. The molecule has 0 aliphatic heterocycles. The molecule has 1 aromatic rings. The highest BCUT2D eigenvalue weighted by Gasteiger charge is 2.07. The first-order valence-corrected chi connectivity index (χ1v) is 7.79. The molecule has 0 saturated carbocycles. The van der Waals surface area contributed by atoms with Crippen LogP contribution in [0.1, 0.15) is 32.8 Å². The zero-order valence-electron chi connectivity index (χ0n) is 13.0. The topological polar surface area (TPSA) is 50.4 Å². The van der Waals surface area contributed by atoms with E-state index in [-0.39, 0.29) is 5.91 Å².